The van der Waals surface area contributed by atoms with Crippen molar-refractivity contribution in [2.45, 2.75) is 13.2 Å². The topological polar surface area (TPSA) is 36.3 Å². The van der Waals surface area contributed by atoms with Crippen LogP contribution in [0.4, 0.5) is 0 Å². The molecule has 4 nitrogen and oxygen atoms in total. The Kier molecular flexibility index (Phi) is 5.46. The molecule has 1 heterocycles. The summed E-state index contributed by atoms with van der Waals surface area (Å²) in [6.07, 6.45) is 0. The van der Waals surface area contributed by atoms with Gasteiger partial charge in [-0.15, -0.1) is 0 Å². The van der Waals surface area contributed by atoms with Crippen LogP contribution in [0.1, 0.15) is 5.82 Å². The summed E-state index contributed by atoms with van der Waals surface area (Å²) in [5.74, 6) is 2.49. The molecule has 0 spiro atoms. The summed E-state index contributed by atoms with van der Waals surface area (Å²) in [5, 5.41) is 3.05. The van der Waals surface area contributed by atoms with Crippen LogP contribution in [0.3, 0.4) is 0 Å². The SMILES string of the molecule is Clc1ccc(OCCn2c(COc3ccc4ccccc4c3)nc3ccccc32)cc1. The molecule has 1 aromatic heterocycles. The molecule has 0 atom stereocenters. The fraction of sp³-hybridized carbons (Fsp3) is 0.115. The van der Waals surface area contributed by atoms with Crippen LogP contribution < -0.4 is 9.47 Å². The maximum Gasteiger partial charge on any atom is 0.148 e. The number of imidazole rings is 1. The monoisotopic (exact) mass is 428 g/mol. The number of halogens is 1. The first-order valence-corrected chi connectivity index (χ1v) is 10.6. The van der Waals surface area contributed by atoms with Gasteiger partial charge in [-0.05, 0) is 59.3 Å². The van der Waals surface area contributed by atoms with E-state index < -0.39 is 0 Å². The molecule has 0 fully saturated rings. The lowest BCUT2D eigenvalue weighted by Gasteiger charge is -2.12. The zero-order valence-corrected chi connectivity index (χ0v) is 17.6. The van der Waals surface area contributed by atoms with Gasteiger partial charge in [0.15, 0.2) is 0 Å². The van der Waals surface area contributed by atoms with Crippen molar-refractivity contribution in [1.29, 1.82) is 0 Å². The summed E-state index contributed by atoms with van der Waals surface area (Å²) >= 11 is 5.95. The molecule has 5 aromatic rings. The summed E-state index contributed by atoms with van der Waals surface area (Å²) in [6, 6.07) is 29.9. The number of hydrogen-bond acceptors (Lipinski definition) is 3. The zero-order valence-electron chi connectivity index (χ0n) is 16.9. The van der Waals surface area contributed by atoms with E-state index in [9.17, 15) is 0 Å². The normalized spacial score (nSPS) is 11.1. The lowest BCUT2D eigenvalue weighted by molar-refractivity contribution is 0.272. The molecule has 0 unspecified atom stereocenters. The standard InChI is InChI=1S/C26H21ClN2O2/c27-21-10-13-22(14-11-21)30-16-15-29-25-8-4-3-7-24(25)28-26(29)18-31-23-12-9-19-5-1-2-6-20(19)17-23/h1-14,17H,15-16,18H2. The smallest absolute Gasteiger partial charge is 0.148 e. The molecule has 31 heavy (non-hydrogen) atoms. The van der Waals surface area contributed by atoms with Crippen LogP contribution in [0.2, 0.25) is 5.02 Å². The molecule has 0 N–H and O–H groups in total. The van der Waals surface area contributed by atoms with Crippen molar-refractivity contribution in [2.75, 3.05) is 6.61 Å². The van der Waals surface area contributed by atoms with E-state index in [0.717, 1.165) is 33.7 Å². The van der Waals surface area contributed by atoms with Crippen LogP contribution >= 0.6 is 11.6 Å². The molecule has 5 heteroatoms. The Balaban J connectivity index is 1.34. The van der Waals surface area contributed by atoms with Crippen LogP contribution in [0, 0.1) is 0 Å². The van der Waals surface area contributed by atoms with E-state index in [2.05, 4.69) is 34.9 Å². The maximum absolute atomic E-state index is 6.11. The lowest BCUT2D eigenvalue weighted by Crippen LogP contribution is -2.13. The Morgan fingerprint density at radius 3 is 2.35 bits per heavy atom. The number of nitrogens with zero attached hydrogens (tertiary/aromatic N) is 2. The third-order valence-electron chi connectivity index (χ3n) is 5.22. The largest absolute Gasteiger partial charge is 0.492 e. The van der Waals surface area contributed by atoms with Crippen LogP contribution in [0.5, 0.6) is 11.5 Å². The van der Waals surface area contributed by atoms with Crippen molar-refractivity contribution in [3.8, 4) is 11.5 Å². The van der Waals surface area contributed by atoms with Gasteiger partial charge in [-0.3, -0.25) is 0 Å². The molecule has 154 valence electrons. The van der Waals surface area contributed by atoms with Gasteiger partial charge in [0, 0.05) is 5.02 Å². The molecular weight excluding hydrogens is 408 g/mol. The molecule has 0 bridgehead atoms. The predicted octanol–water partition coefficient (Wildman–Crippen LogP) is 6.50. The van der Waals surface area contributed by atoms with Crippen LogP contribution in [-0.4, -0.2) is 16.2 Å². The first-order valence-electron chi connectivity index (χ1n) is 10.2. The second-order valence-corrected chi connectivity index (χ2v) is 7.70. The van der Waals surface area contributed by atoms with Gasteiger partial charge in [-0.1, -0.05) is 54.1 Å². The molecule has 0 amide bonds. The van der Waals surface area contributed by atoms with E-state index in [0.29, 0.717) is 24.8 Å². The van der Waals surface area contributed by atoms with Crippen LogP contribution in [0.15, 0.2) is 91.0 Å². The summed E-state index contributed by atoms with van der Waals surface area (Å²) in [5.41, 5.74) is 2.02. The number of rotatable bonds is 7. The zero-order chi connectivity index (χ0) is 21.0. The third-order valence-corrected chi connectivity index (χ3v) is 5.47. The minimum atomic E-state index is 0.383. The van der Waals surface area contributed by atoms with Gasteiger partial charge < -0.3 is 14.0 Å². The Bertz CT molecular complexity index is 1330. The van der Waals surface area contributed by atoms with Crippen molar-refractivity contribution < 1.29 is 9.47 Å². The third kappa shape index (κ3) is 4.35. The summed E-state index contributed by atoms with van der Waals surface area (Å²) in [6.45, 7) is 1.57. The van der Waals surface area contributed by atoms with Crippen LogP contribution in [-0.2, 0) is 13.2 Å². The quantitative estimate of drug-likeness (QED) is 0.297. The number of hydrogen-bond donors (Lipinski definition) is 0. The number of benzene rings is 4. The van der Waals surface area contributed by atoms with E-state index in [1.165, 1.54) is 5.39 Å². The van der Waals surface area contributed by atoms with Gasteiger partial charge in [0.1, 0.15) is 30.5 Å². The maximum atomic E-state index is 6.11. The molecule has 0 aliphatic carbocycles. The highest BCUT2D eigenvalue weighted by Gasteiger charge is 2.11. The van der Waals surface area contributed by atoms with Gasteiger partial charge in [-0.2, -0.15) is 0 Å². The number of ether oxygens (including phenoxy) is 2. The molecule has 0 radical (unpaired) electrons. The van der Waals surface area contributed by atoms with Gasteiger partial charge >= 0.3 is 0 Å². The fourth-order valence-electron chi connectivity index (χ4n) is 3.68. The minimum Gasteiger partial charge on any atom is -0.492 e. The predicted molar refractivity (Wildman–Crippen MR) is 125 cm³/mol. The number of aromatic nitrogens is 2. The van der Waals surface area contributed by atoms with E-state index in [4.69, 9.17) is 26.1 Å². The highest BCUT2D eigenvalue weighted by atomic mass is 35.5. The highest BCUT2D eigenvalue weighted by molar-refractivity contribution is 6.30. The van der Waals surface area contributed by atoms with Crippen LogP contribution in [0.25, 0.3) is 21.8 Å². The van der Waals surface area contributed by atoms with E-state index in [1.54, 1.807) is 0 Å². The number of fused-ring (bicyclic) bond motifs is 2. The van der Waals surface area contributed by atoms with Crippen molar-refractivity contribution in [2.24, 2.45) is 0 Å². The van der Waals surface area contributed by atoms with Gasteiger partial charge in [0.2, 0.25) is 0 Å². The van der Waals surface area contributed by atoms with Crippen molar-refractivity contribution in [3.63, 3.8) is 0 Å². The highest BCUT2D eigenvalue weighted by Crippen LogP contribution is 2.23. The first-order chi connectivity index (χ1) is 15.3. The molecule has 4 aromatic carbocycles. The van der Waals surface area contributed by atoms with Gasteiger partial charge in [0.05, 0.1) is 17.6 Å². The molecular formula is C26H21ClN2O2. The van der Waals surface area contributed by atoms with Gasteiger partial charge in [-0.25, -0.2) is 4.98 Å². The first kappa shape index (κ1) is 19.5. The molecule has 5 rings (SSSR count). The Morgan fingerprint density at radius 1 is 0.742 bits per heavy atom. The average molecular weight is 429 g/mol. The van der Waals surface area contributed by atoms with Crippen molar-refractivity contribution in [3.05, 3.63) is 102 Å². The molecule has 0 aliphatic heterocycles. The van der Waals surface area contributed by atoms with E-state index >= 15 is 0 Å². The minimum absolute atomic E-state index is 0.383. The summed E-state index contributed by atoms with van der Waals surface area (Å²) in [4.78, 5) is 4.79. The Labute approximate surface area is 185 Å². The molecule has 0 saturated heterocycles. The fourth-order valence-corrected chi connectivity index (χ4v) is 3.80. The second kappa shape index (κ2) is 8.70. The summed E-state index contributed by atoms with van der Waals surface area (Å²) < 4.78 is 14.2. The summed E-state index contributed by atoms with van der Waals surface area (Å²) in [7, 11) is 0. The molecule has 0 saturated carbocycles. The lowest BCUT2D eigenvalue weighted by atomic mass is 10.1. The van der Waals surface area contributed by atoms with E-state index in [-0.39, 0.29) is 0 Å². The van der Waals surface area contributed by atoms with Crippen molar-refractivity contribution in [1.82, 2.24) is 9.55 Å². The number of para-hydroxylation sites is 2. The van der Waals surface area contributed by atoms with E-state index in [1.807, 2.05) is 60.7 Å². The Morgan fingerprint density at radius 2 is 1.48 bits per heavy atom. The second-order valence-electron chi connectivity index (χ2n) is 7.27. The van der Waals surface area contributed by atoms with Crippen molar-refractivity contribution >= 4 is 33.4 Å². The Hall–Kier alpha value is -3.50. The molecule has 0 aliphatic rings. The van der Waals surface area contributed by atoms with Gasteiger partial charge in [0.25, 0.3) is 0 Å². The average Bonchev–Trinajstić information content (AvgIpc) is 3.16.